The van der Waals surface area contributed by atoms with Gasteiger partial charge in [0.1, 0.15) is 0 Å². The zero-order valence-corrected chi connectivity index (χ0v) is 5.27. The lowest BCUT2D eigenvalue weighted by molar-refractivity contribution is 0.435. The van der Waals surface area contributed by atoms with Crippen LogP contribution in [0.25, 0.3) is 0 Å². The Kier molecular flexibility index (Phi) is 2.00. The van der Waals surface area contributed by atoms with Gasteiger partial charge in [0.15, 0.2) is 5.09 Å². The van der Waals surface area contributed by atoms with E-state index in [-0.39, 0.29) is 0 Å². The summed E-state index contributed by atoms with van der Waals surface area (Å²) < 4.78 is 9.62. The summed E-state index contributed by atoms with van der Waals surface area (Å²) in [5, 5.41) is 0.785. The summed E-state index contributed by atoms with van der Waals surface area (Å²) >= 11 is 1.22. The molecule has 0 spiro atoms. The molecule has 0 aromatic carbocycles. The second-order valence-corrected chi connectivity index (χ2v) is 2.08. The molecule has 0 saturated carbocycles. The molecule has 0 fully saturated rings. The van der Waals surface area contributed by atoms with Gasteiger partial charge in [0, 0.05) is 0 Å². The zero-order valence-electron chi connectivity index (χ0n) is 4.46. The first kappa shape index (κ1) is 5.72. The van der Waals surface area contributed by atoms with Gasteiger partial charge >= 0.3 is 0 Å². The molecule has 0 N–H and O–H groups in total. The Labute approximate surface area is 52.0 Å². The largest absolute Gasteiger partial charge is 0.456 e. The van der Waals surface area contributed by atoms with E-state index in [9.17, 15) is 0 Å². The van der Waals surface area contributed by atoms with Crippen molar-refractivity contribution >= 4 is 12.0 Å². The second kappa shape index (κ2) is 2.79. The third-order valence-corrected chi connectivity index (χ3v) is 1.22. The van der Waals surface area contributed by atoms with E-state index in [1.807, 2.05) is 12.1 Å². The SMILES string of the molecule is COSc1ccco1. The average Bonchev–Trinajstić information content (AvgIpc) is 2.19. The van der Waals surface area contributed by atoms with Crippen molar-refractivity contribution in [3.8, 4) is 0 Å². The summed E-state index contributed by atoms with van der Waals surface area (Å²) in [7, 11) is 1.60. The molecule has 0 atom stereocenters. The molecule has 1 aromatic heterocycles. The topological polar surface area (TPSA) is 22.4 Å². The minimum atomic E-state index is 0.785. The van der Waals surface area contributed by atoms with E-state index in [4.69, 9.17) is 8.60 Å². The van der Waals surface area contributed by atoms with Crippen LogP contribution in [-0.2, 0) is 4.18 Å². The molecule has 1 aromatic rings. The minimum absolute atomic E-state index is 0.785. The van der Waals surface area contributed by atoms with Gasteiger partial charge in [-0.05, 0) is 12.1 Å². The maximum atomic E-state index is 4.91. The molecule has 0 saturated heterocycles. The highest BCUT2D eigenvalue weighted by Gasteiger charge is 1.90. The van der Waals surface area contributed by atoms with Crippen LogP contribution < -0.4 is 0 Å². The van der Waals surface area contributed by atoms with Crippen LogP contribution >= 0.6 is 12.0 Å². The van der Waals surface area contributed by atoms with Crippen molar-refractivity contribution in [1.82, 2.24) is 0 Å². The van der Waals surface area contributed by atoms with Gasteiger partial charge in [0.25, 0.3) is 0 Å². The predicted molar refractivity (Wildman–Crippen MR) is 31.6 cm³/mol. The Hall–Kier alpha value is -0.410. The smallest absolute Gasteiger partial charge is 0.186 e. The normalized spacial score (nSPS) is 9.62. The minimum Gasteiger partial charge on any atom is -0.456 e. The Morgan fingerprint density at radius 1 is 1.75 bits per heavy atom. The Morgan fingerprint density at radius 2 is 2.62 bits per heavy atom. The first-order valence-electron chi connectivity index (χ1n) is 2.17. The number of rotatable bonds is 2. The Morgan fingerprint density at radius 3 is 3.12 bits per heavy atom. The van der Waals surface area contributed by atoms with Crippen molar-refractivity contribution in [2.24, 2.45) is 0 Å². The van der Waals surface area contributed by atoms with Crippen LogP contribution in [0.1, 0.15) is 0 Å². The van der Waals surface area contributed by atoms with Crippen LogP contribution in [0.15, 0.2) is 27.9 Å². The van der Waals surface area contributed by atoms with Crippen molar-refractivity contribution in [2.45, 2.75) is 5.09 Å². The maximum absolute atomic E-state index is 4.91. The van der Waals surface area contributed by atoms with E-state index in [2.05, 4.69) is 0 Å². The number of hydrogen-bond donors (Lipinski definition) is 0. The monoisotopic (exact) mass is 130 g/mol. The number of furan rings is 1. The summed E-state index contributed by atoms with van der Waals surface area (Å²) in [6.07, 6.45) is 1.61. The third kappa shape index (κ3) is 1.28. The first-order chi connectivity index (χ1) is 3.93. The molecule has 44 valence electrons. The highest BCUT2D eigenvalue weighted by molar-refractivity contribution is 7.94. The lowest BCUT2D eigenvalue weighted by Gasteiger charge is -1.86. The van der Waals surface area contributed by atoms with Crippen molar-refractivity contribution < 1.29 is 8.60 Å². The highest BCUT2D eigenvalue weighted by Crippen LogP contribution is 2.16. The molecular formula is C5H6O2S. The first-order valence-corrected chi connectivity index (χ1v) is 2.92. The molecule has 2 nitrogen and oxygen atoms in total. The molecule has 8 heavy (non-hydrogen) atoms. The van der Waals surface area contributed by atoms with Crippen LogP contribution in [0.4, 0.5) is 0 Å². The molecule has 0 aliphatic heterocycles. The van der Waals surface area contributed by atoms with Crippen LogP contribution in [0.3, 0.4) is 0 Å². The van der Waals surface area contributed by atoms with E-state index in [0.29, 0.717) is 0 Å². The van der Waals surface area contributed by atoms with Gasteiger partial charge in [0.2, 0.25) is 0 Å². The van der Waals surface area contributed by atoms with E-state index in [0.717, 1.165) is 5.09 Å². The van der Waals surface area contributed by atoms with Gasteiger partial charge in [-0.2, -0.15) is 0 Å². The van der Waals surface area contributed by atoms with Crippen LogP contribution in [-0.4, -0.2) is 7.11 Å². The van der Waals surface area contributed by atoms with Crippen molar-refractivity contribution in [3.63, 3.8) is 0 Å². The summed E-state index contributed by atoms with van der Waals surface area (Å²) in [4.78, 5) is 0. The molecule has 1 heterocycles. The fraction of sp³-hybridized carbons (Fsp3) is 0.200. The lowest BCUT2D eigenvalue weighted by Crippen LogP contribution is -1.62. The molecule has 0 amide bonds. The van der Waals surface area contributed by atoms with Crippen molar-refractivity contribution in [2.75, 3.05) is 7.11 Å². The van der Waals surface area contributed by atoms with E-state index < -0.39 is 0 Å². The van der Waals surface area contributed by atoms with Gasteiger partial charge in [-0.3, -0.25) is 0 Å². The Bertz CT molecular complexity index is 136. The predicted octanol–water partition coefficient (Wildman–Crippen LogP) is 1.93. The van der Waals surface area contributed by atoms with Crippen LogP contribution in [0.5, 0.6) is 0 Å². The quantitative estimate of drug-likeness (QED) is 0.571. The zero-order chi connectivity index (χ0) is 5.82. The van der Waals surface area contributed by atoms with Crippen molar-refractivity contribution in [3.05, 3.63) is 18.4 Å². The van der Waals surface area contributed by atoms with E-state index in [1.54, 1.807) is 13.4 Å². The summed E-state index contributed by atoms with van der Waals surface area (Å²) in [6.45, 7) is 0. The van der Waals surface area contributed by atoms with Gasteiger partial charge < -0.3 is 8.60 Å². The summed E-state index contributed by atoms with van der Waals surface area (Å²) in [5.41, 5.74) is 0. The summed E-state index contributed by atoms with van der Waals surface area (Å²) in [6, 6.07) is 3.66. The van der Waals surface area contributed by atoms with Gasteiger partial charge in [-0.15, -0.1) is 0 Å². The molecule has 0 unspecified atom stereocenters. The molecule has 0 bridgehead atoms. The molecule has 3 heteroatoms. The van der Waals surface area contributed by atoms with Crippen LogP contribution in [0.2, 0.25) is 0 Å². The average molecular weight is 130 g/mol. The fourth-order valence-electron chi connectivity index (χ4n) is 0.393. The van der Waals surface area contributed by atoms with Gasteiger partial charge in [-0.25, -0.2) is 0 Å². The lowest BCUT2D eigenvalue weighted by atomic mass is 10.7. The Balaban J connectivity index is 2.50. The van der Waals surface area contributed by atoms with Gasteiger partial charge in [0.05, 0.1) is 25.4 Å². The third-order valence-electron chi connectivity index (χ3n) is 0.661. The number of hydrogen-bond acceptors (Lipinski definition) is 3. The molecular weight excluding hydrogens is 124 g/mol. The fourth-order valence-corrected chi connectivity index (χ4v) is 0.786. The van der Waals surface area contributed by atoms with Crippen molar-refractivity contribution in [1.29, 1.82) is 0 Å². The molecule has 0 aliphatic carbocycles. The molecule has 1 rings (SSSR count). The highest BCUT2D eigenvalue weighted by atomic mass is 32.2. The second-order valence-electron chi connectivity index (χ2n) is 1.18. The summed E-state index contributed by atoms with van der Waals surface area (Å²) in [5.74, 6) is 0. The molecule has 0 radical (unpaired) electrons. The standard InChI is InChI=1S/C5H6O2S/c1-6-8-5-3-2-4-7-5/h2-4H,1H3. The van der Waals surface area contributed by atoms with E-state index >= 15 is 0 Å². The van der Waals surface area contributed by atoms with Gasteiger partial charge in [-0.1, -0.05) is 0 Å². The maximum Gasteiger partial charge on any atom is 0.186 e. The molecule has 0 aliphatic rings. The van der Waals surface area contributed by atoms with Crippen LogP contribution in [0, 0.1) is 0 Å². The van der Waals surface area contributed by atoms with E-state index in [1.165, 1.54) is 12.0 Å².